The van der Waals surface area contributed by atoms with E-state index in [1.807, 2.05) is 0 Å². The second-order valence-electron chi connectivity index (χ2n) is 5.53. The van der Waals surface area contributed by atoms with Crippen molar-refractivity contribution >= 4 is 5.97 Å². The van der Waals surface area contributed by atoms with E-state index in [0.29, 0.717) is 12.0 Å². The van der Waals surface area contributed by atoms with Crippen LogP contribution in [0.25, 0.3) is 0 Å². The molecule has 0 amide bonds. The standard InChI is InChI=1S/C17H26O4/c1-2-3-4-5-6-7-8-9-10-13-11-14(18)12-15(19)16(13)17(20)21/h11-12,18-19H,2-10H2,1H3,(H,20,21). The van der Waals surface area contributed by atoms with Crippen LogP contribution in [0.5, 0.6) is 11.5 Å². The van der Waals surface area contributed by atoms with E-state index in [4.69, 9.17) is 5.11 Å². The molecular formula is C17H26O4. The number of phenolic OH excluding ortho intramolecular Hbond substituents is 1. The number of carboxylic acid groups (broad SMARTS) is 1. The van der Waals surface area contributed by atoms with Crippen LogP contribution in [-0.2, 0) is 6.42 Å². The van der Waals surface area contributed by atoms with Crippen LogP contribution in [0.2, 0.25) is 0 Å². The lowest BCUT2D eigenvalue weighted by Gasteiger charge is -2.09. The van der Waals surface area contributed by atoms with E-state index in [1.54, 1.807) is 0 Å². The fourth-order valence-corrected chi connectivity index (χ4v) is 2.56. The van der Waals surface area contributed by atoms with Gasteiger partial charge >= 0.3 is 5.97 Å². The molecule has 0 fully saturated rings. The summed E-state index contributed by atoms with van der Waals surface area (Å²) in [4.78, 5) is 11.1. The number of aromatic carboxylic acids is 1. The Hall–Kier alpha value is -1.71. The Morgan fingerprint density at radius 1 is 0.952 bits per heavy atom. The molecule has 118 valence electrons. The van der Waals surface area contributed by atoms with Gasteiger partial charge in [-0.3, -0.25) is 0 Å². The second-order valence-corrected chi connectivity index (χ2v) is 5.53. The quantitative estimate of drug-likeness (QED) is 0.556. The van der Waals surface area contributed by atoms with Crippen LogP contribution in [0, 0.1) is 0 Å². The van der Waals surface area contributed by atoms with Crippen molar-refractivity contribution in [2.24, 2.45) is 0 Å². The van der Waals surface area contributed by atoms with Gasteiger partial charge < -0.3 is 15.3 Å². The smallest absolute Gasteiger partial charge is 0.339 e. The van der Waals surface area contributed by atoms with Crippen molar-refractivity contribution in [3.63, 3.8) is 0 Å². The van der Waals surface area contributed by atoms with Gasteiger partial charge in [0, 0.05) is 6.07 Å². The molecule has 0 bridgehead atoms. The van der Waals surface area contributed by atoms with Crippen molar-refractivity contribution in [1.29, 1.82) is 0 Å². The molecule has 1 rings (SSSR count). The SMILES string of the molecule is CCCCCCCCCCc1cc(O)cc(O)c1C(=O)O. The van der Waals surface area contributed by atoms with Gasteiger partial charge in [0.05, 0.1) is 0 Å². The number of hydrogen-bond donors (Lipinski definition) is 3. The summed E-state index contributed by atoms with van der Waals surface area (Å²) in [6, 6.07) is 2.51. The summed E-state index contributed by atoms with van der Waals surface area (Å²) < 4.78 is 0. The van der Waals surface area contributed by atoms with E-state index in [-0.39, 0.29) is 17.1 Å². The Balaban J connectivity index is 2.40. The third kappa shape index (κ3) is 6.06. The zero-order valence-electron chi connectivity index (χ0n) is 12.8. The summed E-state index contributed by atoms with van der Waals surface area (Å²) in [7, 11) is 0. The van der Waals surface area contributed by atoms with Gasteiger partial charge in [-0.2, -0.15) is 0 Å². The molecule has 0 atom stereocenters. The van der Waals surface area contributed by atoms with E-state index >= 15 is 0 Å². The van der Waals surface area contributed by atoms with Gasteiger partial charge in [0.1, 0.15) is 17.1 Å². The molecule has 0 unspecified atom stereocenters. The Labute approximate surface area is 126 Å². The average molecular weight is 294 g/mol. The number of phenols is 2. The van der Waals surface area contributed by atoms with Crippen molar-refractivity contribution in [3.8, 4) is 11.5 Å². The van der Waals surface area contributed by atoms with Crippen LogP contribution in [0.15, 0.2) is 12.1 Å². The van der Waals surface area contributed by atoms with Crippen LogP contribution >= 0.6 is 0 Å². The molecular weight excluding hydrogens is 268 g/mol. The van der Waals surface area contributed by atoms with E-state index in [2.05, 4.69) is 6.92 Å². The first-order chi connectivity index (χ1) is 10.1. The maximum absolute atomic E-state index is 11.1. The van der Waals surface area contributed by atoms with Gasteiger partial charge in [0.15, 0.2) is 0 Å². The third-order valence-corrected chi connectivity index (χ3v) is 3.70. The van der Waals surface area contributed by atoms with Gasteiger partial charge in [-0.1, -0.05) is 51.9 Å². The second kappa shape index (κ2) is 9.27. The highest BCUT2D eigenvalue weighted by molar-refractivity contribution is 5.92. The Morgan fingerprint density at radius 2 is 1.52 bits per heavy atom. The topological polar surface area (TPSA) is 77.8 Å². The summed E-state index contributed by atoms with van der Waals surface area (Å²) in [6.45, 7) is 2.20. The van der Waals surface area contributed by atoms with Crippen molar-refractivity contribution in [1.82, 2.24) is 0 Å². The lowest BCUT2D eigenvalue weighted by atomic mass is 9.99. The van der Waals surface area contributed by atoms with Crippen molar-refractivity contribution in [3.05, 3.63) is 23.3 Å². The van der Waals surface area contributed by atoms with Gasteiger partial charge in [-0.25, -0.2) is 4.79 Å². The summed E-state index contributed by atoms with van der Waals surface area (Å²) in [5.41, 5.74) is 0.418. The highest BCUT2D eigenvalue weighted by Crippen LogP contribution is 2.28. The number of aryl methyl sites for hydroxylation is 1. The molecule has 0 saturated heterocycles. The van der Waals surface area contributed by atoms with E-state index < -0.39 is 5.97 Å². The average Bonchev–Trinajstić information content (AvgIpc) is 2.40. The largest absolute Gasteiger partial charge is 0.508 e. The van der Waals surface area contributed by atoms with Gasteiger partial charge in [0.2, 0.25) is 0 Å². The predicted molar refractivity (Wildman–Crippen MR) is 83.0 cm³/mol. The fourth-order valence-electron chi connectivity index (χ4n) is 2.56. The van der Waals surface area contributed by atoms with Gasteiger partial charge in [0.25, 0.3) is 0 Å². The molecule has 0 aliphatic heterocycles. The minimum Gasteiger partial charge on any atom is -0.508 e. The molecule has 1 aromatic rings. The molecule has 0 radical (unpaired) electrons. The summed E-state index contributed by atoms with van der Waals surface area (Å²) in [6.07, 6.45) is 9.95. The number of aromatic hydroxyl groups is 2. The van der Waals surface area contributed by atoms with Crippen molar-refractivity contribution in [2.45, 2.75) is 64.7 Å². The van der Waals surface area contributed by atoms with Crippen LogP contribution in [-0.4, -0.2) is 21.3 Å². The molecule has 1 aromatic carbocycles. The maximum atomic E-state index is 11.1. The Bertz CT molecular complexity index is 454. The maximum Gasteiger partial charge on any atom is 0.339 e. The molecule has 0 heterocycles. The lowest BCUT2D eigenvalue weighted by molar-refractivity contribution is 0.0692. The molecule has 0 saturated carbocycles. The van der Waals surface area contributed by atoms with Crippen LogP contribution in [0.3, 0.4) is 0 Å². The molecule has 0 aliphatic rings. The molecule has 4 nitrogen and oxygen atoms in total. The summed E-state index contributed by atoms with van der Waals surface area (Å²) in [5.74, 6) is -1.61. The van der Waals surface area contributed by atoms with Crippen LogP contribution in [0.1, 0.15) is 74.2 Å². The molecule has 4 heteroatoms. The highest BCUT2D eigenvalue weighted by atomic mass is 16.4. The van der Waals surface area contributed by atoms with E-state index in [1.165, 1.54) is 38.2 Å². The molecule has 0 spiro atoms. The monoisotopic (exact) mass is 294 g/mol. The zero-order valence-corrected chi connectivity index (χ0v) is 12.8. The summed E-state index contributed by atoms with van der Waals surface area (Å²) in [5, 5.41) is 28.2. The molecule has 0 aliphatic carbocycles. The van der Waals surface area contributed by atoms with Crippen molar-refractivity contribution < 1.29 is 20.1 Å². The normalized spacial score (nSPS) is 10.7. The first-order valence-electron chi connectivity index (χ1n) is 7.84. The first-order valence-corrected chi connectivity index (χ1v) is 7.84. The van der Waals surface area contributed by atoms with Gasteiger partial charge in [-0.05, 0) is 24.5 Å². The number of benzene rings is 1. The van der Waals surface area contributed by atoms with Gasteiger partial charge in [-0.15, -0.1) is 0 Å². The number of rotatable bonds is 10. The van der Waals surface area contributed by atoms with E-state index in [9.17, 15) is 15.0 Å². The lowest BCUT2D eigenvalue weighted by Crippen LogP contribution is -2.03. The molecule has 0 aromatic heterocycles. The minimum absolute atomic E-state index is 0.0873. The van der Waals surface area contributed by atoms with Crippen LogP contribution in [0.4, 0.5) is 0 Å². The van der Waals surface area contributed by atoms with Crippen LogP contribution < -0.4 is 0 Å². The minimum atomic E-state index is -1.15. The first kappa shape index (κ1) is 17.3. The fraction of sp³-hybridized carbons (Fsp3) is 0.588. The zero-order chi connectivity index (χ0) is 15.7. The summed E-state index contributed by atoms with van der Waals surface area (Å²) >= 11 is 0. The molecule has 3 N–H and O–H groups in total. The number of carbonyl (C=O) groups is 1. The Kier molecular flexibility index (Phi) is 7.65. The number of hydrogen-bond acceptors (Lipinski definition) is 3. The van der Waals surface area contributed by atoms with Crippen molar-refractivity contribution in [2.75, 3.05) is 0 Å². The third-order valence-electron chi connectivity index (χ3n) is 3.70. The number of carboxylic acids is 1. The highest BCUT2D eigenvalue weighted by Gasteiger charge is 2.16. The Morgan fingerprint density at radius 3 is 2.10 bits per heavy atom. The van der Waals surface area contributed by atoms with E-state index in [0.717, 1.165) is 25.3 Å². The predicted octanol–water partition coefficient (Wildman–Crippen LogP) is 4.48. The number of unbranched alkanes of at least 4 members (excludes halogenated alkanes) is 7. The molecule has 21 heavy (non-hydrogen) atoms.